The van der Waals surface area contributed by atoms with E-state index in [-0.39, 0.29) is 11.6 Å². The summed E-state index contributed by atoms with van der Waals surface area (Å²) in [6.45, 7) is 3.26. The quantitative estimate of drug-likeness (QED) is 0.702. The summed E-state index contributed by atoms with van der Waals surface area (Å²) in [5.41, 5.74) is 0.287. The first kappa shape index (κ1) is 12.4. The van der Waals surface area contributed by atoms with Crippen molar-refractivity contribution in [3.63, 3.8) is 0 Å². The number of hydrogen-bond acceptors (Lipinski definition) is 5. The van der Waals surface area contributed by atoms with Gasteiger partial charge in [-0.15, -0.1) is 0 Å². The molecule has 0 aromatic carbocycles. The second-order valence-electron chi connectivity index (χ2n) is 2.92. The Balaban J connectivity index is 2.57. The van der Waals surface area contributed by atoms with Crippen molar-refractivity contribution >= 4 is 5.91 Å². The van der Waals surface area contributed by atoms with Gasteiger partial charge < -0.3 is 14.8 Å². The van der Waals surface area contributed by atoms with Gasteiger partial charge in [-0.2, -0.15) is 0 Å². The maximum atomic E-state index is 11.6. The van der Waals surface area contributed by atoms with Gasteiger partial charge in [-0.3, -0.25) is 4.79 Å². The van der Waals surface area contributed by atoms with Crippen molar-refractivity contribution in [1.29, 1.82) is 0 Å². The number of carbonyl (C=O) groups excluding carboxylic acids is 1. The lowest BCUT2D eigenvalue weighted by molar-refractivity contribution is 0.0931. The SMILES string of the molecule is CCOc1cc(C(=O)NCCOC)ncn1. The number of aromatic nitrogens is 2. The number of ether oxygens (including phenoxy) is 2. The number of rotatable bonds is 6. The molecule has 1 aromatic heterocycles. The molecule has 1 N–H and O–H groups in total. The number of carbonyl (C=O) groups is 1. The van der Waals surface area contributed by atoms with Crippen LogP contribution in [0.1, 0.15) is 17.4 Å². The van der Waals surface area contributed by atoms with Gasteiger partial charge in [0.1, 0.15) is 12.0 Å². The van der Waals surface area contributed by atoms with Crippen LogP contribution in [0.5, 0.6) is 5.88 Å². The van der Waals surface area contributed by atoms with Gasteiger partial charge in [-0.1, -0.05) is 0 Å². The number of nitrogens with zero attached hydrogens (tertiary/aromatic N) is 2. The van der Waals surface area contributed by atoms with Crippen molar-refractivity contribution in [2.75, 3.05) is 26.9 Å². The largest absolute Gasteiger partial charge is 0.478 e. The Labute approximate surface area is 94.0 Å². The highest BCUT2D eigenvalue weighted by Gasteiger charge is 2.08. The molecule has 0 saturated carbocycles. The predicted octanol–water partition coefficient (Wildman–Crippen LogP) is 0.251. The lowest BCUT2D eigenvalue weighted by Crippen LogP contribution is -2.27. The molecule has 1 amide bonds. The molecule has 0 saturated heterocycles. The molecule has 1 heterocycles. The molecule has 0 aliphatic carbocycles. The fourth-order valence-corrected chi connectivity index (χ4v) is 1.05. The van der Waals surface area contributed by atoms with Gasteiger partial charge in [0.05, 0.1) is 13.2 Å². The molecule has 16 heavy (non-hydrogen) atoms. The molecule has 0 unspecified atom stereocenters. The van der Waals surface area contributed by atoms with Gasteiger partial charge in [-0.25, -0.2) is 9.97 Å². The predicted molar refractivity (Wildman–Crippen MR) is 57.4 cm³/mol. The van der Waals surface area contributed by atoms with E-state index >= 15 is 0 Å². The van der Waals surface area contributed by atoms with Gasteiger partial charge in [0.25, 0.3) is 5.91 Å². The van der Waals surface area contributed by atoms with E-state index in [2.05, 4.69) is 15.3 Å². The zero-order chi connectivity index (χ0) is 11.8. The van der Waals surface area contributed by atoms with Crippen LogP contribution in [-0.2, 0) is 4.74 Å². The summed E-state index contributed by atoms with van der Waals surface area (Å²) < 4.78 is 9.98. The smallest absolute Gasteiger partial charge is 0.270 e. The van der Waals surface area contributed by atoms with E-state index in [1.807, 2.05) is 6.92 Å². The number of methoxy groups -OCH3 is 1. The van der Waals surface area contributed by atoms with E-state index in [1.54, 1.807) is 7.11 Å². The zero-order valence-corrected chi connectivity index (χ0v) is 9.40. The van der Waals surface area contributed by atoms with E-state index in [4.69, 9.17) is 9.47 Å². The number of nitrogens with one attached hydrogen (secondary N) is 1. The minimum Gasteiger partial charge on any atom is -0.478 e. The monoisotopic (exact) mass is 225 g/mol. The highest BCUT2D eigenvalue weighted by atomic mass is 16.5. The minimum absolute atomic E-state index is 0.264. The summed E-state index contributed by atoms with van der Waals surface area (Å²) in [5.74, 6) is 0.134. The fourth-order valence-electron chi connectivity index (χ4n) is 1.05. The van der Waals surface area contributed by atoms with Gasteiger partial charge in [0.2, 0.25) is 5.88 Å². The lowest BCUT2D eigenvalue weighted by Gasteiger charge is -2.05. The lowest BCUT2D eigenvalue weighted by atomic mass is 10.3. The van der Waals surface area contributed by atoms with Crippen molar-refractivity contribution in [2.24, 2.45) is 0 Å². The molecule has 0 radical (unpaired) electrons. The van der Waals surface area contributed by atoms with Crippen LogP contribution >= 0.6 is 0 Å². The standard InChI is InChI=1S/C10H15N3O3/c1-3-16-9-6-8(12-7-13-9)10(14)11-4-5-15-2/h6-7H,3-5H2,1-2H3,(H,11,14). The fraction of sp³-hybridized carbons (Fsp3) is 0.500. The van der Waals surface area contributed by atoms with E-state index in [0.29, 0.717) is 25.6 Å². The molecule has 88 valence electrons. The van der Waals surface area contributed by atoms with Gasteiger partial charge >= 0.3 is 0 Å². The number of amides is 1. The Morgan fingerprint density at radius 1 is 1.50 bits per heavy atom. The summed E-state index contributed by atoms with van der Waals surface area (Å²) in [6, 6.07) is 1.51. The molecule has 1 aromatic rings. The van der Waals surface area contributed by atoms with Gasteiger partial charge in [0.15, 0.2) is 0 Å². The molecule has 0 aliphatic rings. The Morgan fingerprint density at radius 2 is 2.31 bits per heavy atom. The van der Waals surface area contributed by atoms with Crippen LogP contribution in [-0.4, -0.2) is 42.7 Å². The topological polar surface area (TPSA) is 73.3 Å². The van der Waals surface area contributed by atoms with Crippen molar-refractivity contribution < 1.29 is 14.3 Å². The van der Waals surface area contributed by atoms with Crippen LogP contribution in [0, 0.1) is 0 Å². The maximum Gasteiger partial charge on any atom is 0.270 e. The second-order valence-corrected chi connectivity index (χ2v) is 2.92. The Bertz CT molecular complexity index is 344. The van der Waals surface area contributed by atoms with Crippen LogP contribution in [0.3, 0.4) is 0 Å². The van der Waals surface area contributed by atoms with Crippen LogP contribution in [0.15, 0.2) is 12.4 Å². The van der Waals surface area contributed by atoms with Crippen molar-refractivity contribution in [1.82, 2.24) is 15.3 Å². The minimum atomic E-state index is -0.264. The molecule has 0 fully saturated rings. The summed E-state index contributed by atoms with van der Waals surface area (Å²) in [7, 11) is 1.57. The average Bonchev–Trinajstić information content (AvgIpc) is 2.30. The summed E-state index contributed by atoms with van der Waals surface area (Å²) in [4.78, 5) is 19.3. The van der Waals surface area contributed by atoms with Crippen LogP contribution < -0.4 is 10.1 Å². The summed E-state index contributed by atoms with van der Waals surface area (Å²) in [5, 5.41) is 2.66. The Kier molecular flexibility index (Phi) is 5.21. The van der Waals surface area contributed by atoms with Gasteiger partial charge in [0, 0.05) is 19.7 Å². The molecule has 6 heteroatoms. The van der Waals surface area contributed by atoms with Crippen molar-refractivity contribution in [2.45, 2.75) is 6.92 Å². The Hall–Kier alpha value is -1.69. The third kappa shape index (κ3) is 3.82. The highest BCUT2D eigenvalue weighted by molar-refractivity contribution is 5.92. The van der Waals surface area contributed by atoms with Gasteiger partial charge in [-0.05, 0) is 6.92 Å². The second kappa shape index (κ2) is 6.73. The van der Waals surface area contributed by atoms with E-state index in [9.17, 15) is 4.79 Å². The summed E-state index contributed by atoms with van der Waals surface area (Å²) in [6.07, 6.45) is 1.30. The average molecular weight is 225 g/mol. The Morgan fingerprint density at radius 3 is 3.00 bits per heavy atom. The van der Waals surface area contributed by atoms with E-state index < -0.39 is 0 Å². The van der Waals surface area contributed by atoms with E-state index in [0.717, 1.165) is 0 Å². The third-order valence-electron chi connectivity index (χ3n) is 1.76. The summed E-state index contributed by atoms with van der Waals surface area (Å²) >= 11 is 0. The first-order valence-electron chi connectivity index (χ1n) is 5.00. The zero-order valence-electron chi connectivity index (χ0n) is 9.40. The maximum absolute atomic E-state index is 11.6. The molecule has 6 nitrogen and oxygen atoms in total. The molecule has 0 aliphatic heterocycles. The first-order valence-corrected chi connectivity index (χ1v) is 5.00. The molecular weight excluding hydrogens is 210 g/mol. The van der Waals surface area contributed by atoms with Crippen LogP contribution in [0.25, 0.3) is 0 Å². The molecule has 0 atom stereocenters. The third-order valence-corrected chi connectivity index (χ3v) is 1.76. The van der Waals surface area contributed by atoms with Crippen molar-refractivity contribution in [3.05, 3.63) is 18.1 Å². The molecule has 1 rings (SSSR count). The number of hydrogen-bond donors (Lipinski definition) is 1. The van der Waals surface area contributed by atoms with Crippen LogP contribution in [0.2, 0.25) is 0 Å². The molecule has 0 bridgehead atoms. The first-order chi connectivity index (χ1) is 7.77. The van der Waals surface area contributed by atoms with Crippen LogP contribution in [0.4, 0.5) is 0 Å². The normalized spacial score (nSPS) is 9.88. The molecule has 0 spiro atoms. The highest BCUT2D eigenvalue weighted by Crippen LogP contribution is 2.06. The van der Waals surface area contributed by atoms with Crippen molar-refractivity contribution in [3.8, 4) is 5.88 Å². The van der Waals surface area contributed by atoms with E-state index in [1.165, 1.54) is 12.4 Å². The molecular formula is C10H15N3O3.